The topological polar surface area (TPSA) is 82.6 Å². The Kier molecular flexibility index (Phi) is 6.89. The molecule has 0 atom stereocenters. The van der Waals surface area contributed by atoms with E-state index in [1.54, 1.807) is 28.4 Å². The molecule has 8 heteroatoms. The Bertz CT molecular complexity index is 870. The monoisotopic (exact) mass is 401 g/mol. The normalized spacial score (nSPS) is 12.5. The van der Waals surface area contributed by atoms with Crippen molar-refractivity contribution in [3.05, 3.63) is 41.5 Å². The smallest absolute Gasteiger partial charge is 0.231 e. The molecule has 2 aromatic rings. The van der Waals surface area contributed by atoms with E-state index in [1.807, 2.05) is 30.3 Å². The van der Waals surface area contributed by atoms with E-state index >= 15 is 0 Å². The highest BCUT2D eigenvalue weighted by Gasteiger charge is 2.16. The molecular formula is C21H27N3O5. The van der Waals surface area contributed by atoms with Crippen LogP contribution in [0, 0.1) is 0 Å². The summed E-state index contributed by atoms with van der Waals surface area (Å²) in [7, 11) is 6.54. The molecule has 0 saturated carbocycles. The summed E-state index contributed by atoms with van der Waals surface area (Å²) in [6.45, 7) is 1.53. The van der Waals surface area contributed by atoms with Crippen molar-refractivity contribution in [2.75, 3.05) is 41.7 Å². The third-order valence-electron chi connectivity index (χ3n) is 4.60. The zero-order chi connectivity index (χ0) is 20.6. The molecule has 1 aliphatic heterocycles. The number of ether oxygens (including phenoxy) is 5. The minimum Gasteiger partial charge on any atom is -0.493 e. The first-order chi connectivity index (χ1) is 14.2. The Morgan fingerprint density at radius 2 is 1.76 bits per heavy atom. The molecule has 29 heavy (non-hydrogen) atoms. The number of methoxy groups -OCH3 is 3. The number of hydrogen-bond donors (Lipinski definition) is 2. The summed E-state index contributed by atoms with van der Waals surface area (Å²) < 4.78 is 27.1. The zero-order valence-electron chi connectivity index (χ0n) is 17.2. The van der Waals surface area contributed by atoms with E-state index in [0.29, 0.717) is 29.8 Å². The summed E-state index contributed by atoms with van der Waals surface area (Å²) in [4.78, 5) is 4.28. The summed E-state index contributed by atoms with van der Waals surface area (Å²) in [5.41, 5.74) is 2.10. The van der Waals surface area contributed by atoms with Gasteiger partial charge in [-0.3, -0.25) is 4.99 Å². The predicted octanol–water partition coefficient (Wildman–Crippen LogP) is 2.35. The Morgan fingerprint density at radius 1 is 0.966 bits per heavy atom. The fourth-order valence-electron chi connectivity index (χ4n) is 3.12. The van der Waals surface area contributed by atoms with E-state index in [0.717, 1.165) is 30.0 Å². The van der Waals surface area contributed by atoms with E-state index in [1.165, 1.54) is 5.56 Å². The highest BCUT2D eigenvalue weighted by atomic mass is 16.7. The first-order valence-corrected chi connectivity index (χ1v) is 9.31. The molecule has 156 valence electrons. The lowest BCUT2D eigenvalue weighted by atomic mass is 10.1. The lowest BCUT2D eigenvalue weighted by Crippen LogP contribution is -2.37. The van der Waals surface area contributed by atoms with Gasteiger partial charge in [0.1, 0.15) is 0 Å². The molecule has 0 aliphatic carbocycles. The molecule has 0 bridgehead atoms. The zero-order valence-corrected chi connectivity index (χ0v) is 17.2. The van der Waals surface area contributed by atoms with Gasteiger partial charge in [-0.25, -0.2) is 0 Å². The average molecular weight is 401 g/mol. The molecule has 0 fully saturated rings. The summed E-state index contributed by atoms with van der Waals surface area (Å²) >= 11 is 0. The van der Waals surface area contributed by atoms with Crippen molar-refractivity contribution in [2.24, 2.45) is 4.99 Å². The summed E-state index contributed by atoms with van der Waals surface area (Å²) in [5.74, 6) is 4.12. The second-order valence-electron chi connectivity index (χ2n) is 6.28. The van der Waals surface area contributed by atoms with Crippen LogP contribution in [0.15, 0.2) is 35.3 Å². The van der Waals surface area contributed by atoms with Gasteiger partial charge in [-0.15, -0.1) is 0 Å². The minimum absolute atomic E-state index is 0.285. The van der Waals surface area contributed by atoms with Gasteiger partial charge in [0.2, 0.25) is 12.5 Å². The molecule has 3 rings (SSSR count). The van der Waals surface area contributed by atoms with Crippen LogP contribution in [0.1, 0.15) is 11.1 Å². The van der Waals surface area contributed by atoms with E-state index in [2.05, 4.69) is 15.6 Å². The highest BCUT2D eigenvalue weighted by molar-refractivity contribution is 5.79. The number of aliphatic imine (C=N–C) groups is 1. The second kappa shape index (κ2) is 9.77. The number of fused-ring (bicyclic) bond motifs is 1. The molecule has 2 aromatic carbocycles. The SMILES string of the molecule is CN=C(NCCc1ccc2c(c1)OCO2)NCc1ccc(OC)c(OC)c1OC. The van der Waals surface area contributed by atoms with E-state index < -0.39 is 0 Å². The van der Waals surface area contributed by atoms with Gasteiger partial charge >= 0.3 is 0 Å². The summed E-state index contributed by atoms with van der Waals surface area (Å²) in [5, 5.41) is 6.61. The largest absolute Gasteiger partial charge is 0.493 e. The Labute approximate surface area is 170 Å². The van der Waals surface area contributed by atoms with Crippen molar-refractivity contribution in [2.45, 2.75) is 13.0 Å². The van der Waals surface area contributed by atoms with Gasteiger partial charge in [-0.2, -0.15) is 0 Å². The van der Waals surface area contributed by atoms with Crippen LogP contribution >= 0.6 is 0 Å². The number of rotatable bonds is 8. The third kappa shape index (κ3) is 4.77. The highest BCUT2D eigenvalue weighted by Crippen LogP contribution is 2.39. The lowest BCUT2D eigenvalue weighted by molar-refractivity contribution is 0.174. The molecule has 1 heterocycles. The van der Waals surface area contributed by atoms with E-state index in [-0.39, 0.29) is 6.79 Å². The van der Waals surface area contributed by atoms with Crippen LogP contribution in [0.2, 0.25) is 0 Å². The quantitative estimate of drug-likeness (QED) is 0.519. The molecule has 0 saturated heterocycles. The Hall–Kier alpha value is -3.29. The molecule has 2 N–H and O–H groups in total. The Morgan fingerprint density at radius 3 is 2.48 bits per heavy atom. The van der Waals surface area contributed by atoms with Crippen molar-refractivity contribution in [3.63, 3.8) is 0 Å². The molecule has 0 radical (unpaired) electrons. The van der Waals surface area contributed by atoms with Gasteiger partial charge in [0, 0.05) is 25.7 Å². The van der Waals surface area contributed by atoms with E-state index in [4.69, 9.17) is 23.7 Å². The average Bonchev–Trinajstić information content (AvgIpc) is 3.23. The van der Waals surface area contributed by atoms with Crippen LogP contribution in [0.4, 0.5) is 0 Å². The lowest BCUT2D eigenvalue weighted by Gasteiger charge is -2.17. The first kappa shape index (κ1) is 20.4. The fraction of sp³-hybridized carbons (Fsp3) is 0.381. The van der Waals surface area contributed by atoms with Gasteiger partial charge in [0.25, 0.3) is 0 Å². The van der Waals surface area contributed by atoms with Crippen LogP contribution in [-0.2, 0) is 13.0 Å². The van der Waals surface area contributed by atoms with Gasteiger partial charge in [0.15, 0.2) is 29.0 Å². The molecular weight excluding hydrogens is 374 g/mol. The van der Waals surface area contributed by atoms with Crippen molar-refractivity contribution in [3.8, 4) is 28.7 Å². The molecule has 0 aromatic heterocycles. The van der Waals surface area contributed by atoms with Crippen molar-refractivity contribution < 1.29 is 23.7 Å². The van der Waals surface area contributed by atoms with Gasteiger partial charge in [0.05, 0.1) is 21.3 Å². The van der Waals surface area contributed by atoms with Crippen LogP contribution in [-0.4, -0.2) is 47.7 Å². The van der Waals surface area contributed by atoms with Crippen LogP contribution < -0.4 is 34.3 Å². The fourth-order valence-corrected chi connectivity index (χ4v) is 3.12. The third-order valence-corrected chi connectivity index (χ3v) is 4.60. The number of guanidine groups is 1. The van der Waals surface area contributed by atoms with Crippen LogP contribution in [0.5, 0.6) is 28.7 Å². The van der Waals surface area contributed by atoms with E-state index in [9.17, 15) is 0 Å². The number of nitrogens with zero attached hydrogens (tertiary/aromatic N) is 1. The minimum atomic E-state index is 0.285. The number of benzene rings is 2. The number of nitrogens with one attached hydrogen (secondary N) is 2. The van der Waals surface area contributed by atoms with Gasteiger partial charge in [-0.1, -0.05) is 6.07 Å². The van der Waals surface area contributed by atoms with Crippen LogP contribution in [0.3, 0.4) is 0 Å². The Balaban J connectivity index is 1.55. The van der Waals surface area contributed by atoms with Gasteiger partial charge in [-0.05, 0) is 36.2 Å². The maximum Gasteiger partial charge on any atom is 0.231 e. The second-order valence-corrected chi connectivity index (χ2v) is 6.28. The maximum atomic E-state index is 5.52. The first-order valence-electron chi connectivity index (χ1n) is 9.31. The van der Waals surface area contributed by atoms with Crippen LogP contribution in [0.25, 0.3) is 0 Å². The van der Waals surface area contributed by atoms with Crippen molar-refractivity contribution >= 4 is 5.96 Å². The molecule has 0 amide bonds. The number of hydrogen-bond acceptors (Lipinski definition) is 6. The molecule has 0 spiro atoms. The predicted molar refractivity (Wildman–Crippen MR) is 111 cm³/mol. The molecule has 8 nitrogen and oxygen atoms in total. The van der Waals surface area contributed by atoms with Gasteiger partial charge < -0.3 is 34.3 Å². The standard InChI is InChI=1S/C21H27N3O5/c1-22-21(23-10-9-14-5-7-16-18(11-14)29-13-28-16)24-12-15-6-8-17(25-2)20(27-4)19(15)26-3/h5-8,11H,9-10,12-13H2,1-4H3,(H2,22,23,24). The van der Waals surface area contributed by atoms with Crippen molar-refractivity contribution in [1.82, 2.24) is 10.6 Å². The molecule has 0 unspecified atom stereocenters. The van der Waals surface area contributed by atoms with Crippen molar-refractivity contribution in [1.29, 1.82) is 0 Å². The maximum absolute atomic E-state index is 5.52. The summed E-state index contributed by atoms with van der Waals surface area (Å²) in [6.07, 6.45) is 0.830. The summed E-state index contributed by atoms with van der Waals surface area (Å²) in [6, 6.07) is 9.78. The molecule has 1 aliphatic rings.